The first-order chi connectivity index (χ1) is 12.8. The average molecular weight is 381 g/mol. The van der Waals surface area contributed by atoms with E-state index in [1.54, 1.807) is 12.4 Å². The molecule has 27 heavy (non-hydrogen) atoms. The molecule has 0 bridgehead atoms. The second-order valence-electron chi connectivity index (χ2n) is 6.76. The highest BCUT2D eigenvalue weighted by molar-refractivity contribution is 5.73. The van der Waals surface area contributed by atoms with E-state index >= 15 is 0 Å². The summed E-state index contributed by atoms with van der Waals surface area (Å²) in [7, 11) is 0. The summed E-state index contributed by atoms with van der Waals surface area (Å²) in [5.41, 5.74) is 1.61. The maximum Gasteiger partial charge on any atom is 0.393 e. The Labute approximate surface area is 152 Å². The Morgan fingerprint density at radius 1 is 1.33 bits per heavy atom. The molecule has 0 saturated heterocycles. The Bertz CT molecular complexity index is 936. The van der Waals surface area contributed by atoms with Crippen molar-refractivity contribution in [3.05, 3.63) is 18.7 Å². The van der Waals surface area contributed by atoms with Gasteiger partial charge >= 0.3 is 6.18 Å². The number of H-pyrrole nitrogens is 1. The summed E-state index contributed by atoms with van der Waals surface area (Å²) in [6, 6.07) is -0.724. The van der Waals surface area contributed by atoms with Crippen LogP contribution in [-0.4, -0.2) is 48.1 Å². The van der Waals surface area contributed by atoms with Gasteiger partial charge in [0.1, 0.15) is 12.0 Å². The lowest BCUT2D eigenvalue weighted by Crippen LogP contribution is -2.46. The molecule has 0 unspecified atom stereocenters. The first-order valence-corrected chi connectivity index (χ1v) is 8.57. The molecule has 2 N–H and O–H groups in total. The molecule has 0 aromatic carbocycles. The van der Waals surface area contributed by atoms with Crippen molar-refractivity contribution >= 4 is 11.6 Å². The second kappa shape index (κ2) is 6.39. The van der Waals surface area contributed by atoms with E-state index in [0.717, 1.165) is 0 Å². The molecule has 11 heteroatoms. The Kier molecular flexibility index (Phi) is 4.16. The van der Waals surface area contributed by atoms with Crippen LogP contribution >= 0.6 is 0 Å². The van der Waals surface area contributed by atoms with E-state index < -0.39 is 18.1 Å². The maximum absolute atomic E-state index is 13.0. The van der Waals surface area contributed by atoms with Gasteiger partial charge in [-0.25, -0.2) is 4.98 Å². The lowest BCUT2D eigenvalue weighted by molar-refractivity contribution is -0.197. The Morgan fingerprint density at radius 2 is 2.15 bits per heavy atom. The molecule has 1 aliphatic rings. The minimum atomic E-state index is -4.23. The SMILES string of the molecule is CC(C)Oc1c(-c2cn[nH]c2)ncn2nc(N[C@@H]3CC[C@H]3C(F)(F)F)nc12. The summed E-state index contributed by atoms with van der Waals surface area (Å²) < 4.78 is 46.1. The molecular formula is C16H18F3N7O. The number of fused-ring (bicyclic) bond motifs is 1. The van der Waals surface area contributed by atoms with Crippen molar-refractivity contribution < 1.29 is 17.9 Å². The summed E-state index contributed by atoms with van der Waals surface area (Å²) in [4.78, 5) is 8.70. The van der Waals surface area contributed by atoms with Gasteiger partial charge < -0.3 is 10.1 Å². The molecule has 144 valence electrons. The fraction of sp³-hybridized carbons (Fsp3) is 0.500. The van der Waals surface area contributed by atoms with Gasteiger partial charge in [0.25, 0.3) is 0 Å². The van der Waals surface area contributed by atoms with Gasteiger partial charge in [0, 0.05) is 17.8 Å². The standard InChI is InChI=1S/C16H18F3N7O/c1-8(2)27-13-12(9-5-21-22-6-9)20-7-26-14(13)24-15(25-26)23-11-4-3-10(11)16(17,18)19/h5-8,10-11H,3-4H2,1-2H3,(H,21,22)(H,23,25)/t10-,11-/m1/s1. The number of rotatable bonds is 5. The van der Waals surface area contributed by atoms with Crippen LogP contribution in [0.25, 0.3) is 16.9 Å². The molecule has 1 fully saturated rings. The lowest BCUT2D eigenvalue weighted by Gasteiger charge is -2.37. The monoisotopic (exact) mass is 381 g/mol. The molecular weight excluding hydrogens is 363 g/mol. The number of hydrogen-bond acceptors (Lipinski definition) is 6. The van der Waals surface area contributed by atoms with Gasteiger partial charge in [-0.1, -0.05) is 0 Å². The third kappa shape index (κ3) is 3.28. The summed E-state index contributed by atoms with van der Waals surface area (Å²) in [5, 5.41) is 13.6. The van der Waals surface area contributed by atoms with Gasteiger partial charge in [0.15, 0.2) is 5.75 Å². The molecule has 0 spiro atoms. The normalized spacial score (nSPS) is 20.1. The lowest BCUT2D eigenvalue weighted by atomic mass is 9.79. The number of nitrogens with one attached hydrogen (secondary N) is 2. The first kappa shape index (κ1) is 17.6. The van der Waals surface area contributed by atoms with Crippen molar-refractivity contribution in [2.75, 3.05) is 5.32 Å². The van der Waals surface area contributed by atoms with Crippen LogP contribution in [0, 0.1) is 5.92 Å². The highest BCUT2D eigenvalue weighted by Gasteiger charge is 2.50. The van der Waals surface area contributed by atoms with Gasteiger partial charge in [-0.15, -0.1) is 5.10 Å². The highest BCUT2D eigenvalue weighted by Crippen LogP contribution is 2.42. The number of halogens is 3. The number of alkyl halides is 3. The molecule has 3 aromatic heterocycles. The van der Waals surface area contributed by atoms with Crippen LogP contribution in [0.2, 0.25) is 0 Å². The zero-order valence-corrected chi connectivity index (χ0v) is 14.7. The molecule has 1 aliphatic carbocycles. The topological polar surface area (TPSA) is 93.0 Å². The molecule has 0 aliphatic heterocycles. The predicted molar refractivity (Wildman–Crippen MR) is 90.3 cm³/mol. The van der Waals surface area contributed by atoms with Gasteiger partial charge in [-0.05, 0) is 26.7 Å². The van der Waals surface area contributed by atoms with Gasteiger partial charge in [-0.2, -0.15) is 27.8 Å². The van der Waals surface area contributed by atoms with Gasteiger partial charge in [0.2, 0.25) is 11.6 Å². The third-order valence-corrected chi connectivity index (χ3v) is 4.48. The number of aromatic nitrogens is 6. The van der Waals surface area contributed by atoms with Crippen molar-refractivity contribution in [3.8, 4) is 17.0 Å². The van der Waals surface area contributed by atoms with E-state index in [1.807, 2.05) is 13.8 Å². The first-order valence-electron chi connectivity index (χ1n) is 8.57. The van der Waals surface area contributed by atoms with Crippen molar-refractivity contribution in [1.82, 2.24) is 29.8 Å². The predicted octanol–water partition coefficient (Wildman–Crippen LogP) is 3.05. The van der Waals surface area contributed by atoms with Crippen LogP contribution in [0.5, 0.6) is 5.75 Å². The van der Waals surface area contributed by atoms with Crippen LogP contribution in [0.15, 0.2) is 18.7 Å². The molecule has 4 rings (SSSR count). The summed E-state index contributed by atoms with van der Waals surface area (Å²) in [5.74, 6) is -0.862. The molecule has 3 heterocycles. The zero-order chi connectivity index (χ0) is 19.2. The molecule has 2 atom stereocenters. The van der Waals surface area contributed by atoms with Crippen LogP contribution in [-0.2, 0) is 0 Å². The Balaban J connectivity index is 1.69. The number of hydrogen-bond donors (Lipinski definition) is 2. The van der Waals surface area contributed by atoms with Crippen molar-refractivity contribution in [3.63, 3.8) is 0 Å². The molecule has 0 amide bonds. The molecule has 8 nitrogen and oxygen atoms in total. The summed E-state index contributed by atoms with van der Waals surface area (Å²) >= 11 is 0. The zero-order valence-electron chi connectivity index (χ0n) is 14.7. The van der Waals surface area contributed by atoms with E-state index in [4.69, 9.17) is 4.74 Å². The van der Waals surface area contributed by atoms with E-state index in [9.17, 15) is 13.2 Å². The fourth-order valence-electron chi connectivity index (χ4n) is 3.06. The van der Waals surface area contributed by atoms with Crippen molar-refractivity contribution in [1.29, 1.82) is 0 Å². The van der Waals surface area contributed by atoms with Crippen LogP contribution in [0.1, 0.15) is 26.7 Å². The summed E-state index contributed by atoms with van der Waals surface area (Å²) in [6.07, 6.45) is 0.879. The van der Waals surface area contributed by atoms with E-state index in [1.165, 1.54) is 10.8 Å². The molecule has 1 saturated carbocycles. The maximum atomic E-state index is 13.0. The Hall–Kier alpha value is -2.85. The fourth-order valence-corrected chi connectivity index (χ4v) is 3.06. The third-order valence-electron chi connectivity index (χ3n) is 4.48. The second-order valence-corrected chi connectivity index (χ2v) is 6.76. The van der Waals surface area contributed by atoms with Crippen LogP contribution in [0.3, 0.4) is 0 Å². The highest BCUT2D eigenvalue weighted by atomic mass is 19.4. The molecule has 0 radical (unpaired) electrons. The van der Waals surface area contributed by atoms with E-state index in [2.05, 4.69) is 30.6 Å². The Morgan fingerprint density at radius 3 is 2.74 bits per heavy atom. The van der Waals surface area contributed by atoms with Crippen molar-refractivity contribution in [2.45, 2.75) is 45.0 Å². The molecule has 3 aromatic rings. The largest absolute Gasteiger partial charge is 0.485 e. The smallest absolute Gasteiger partial charge is 0.393 e. The minimum Gasteiger partial charge on any atom is -0.485 e. The van der Waals surface area contributed by atoms with Crippen molar-refractivity contribution in [2.24, 2.45) is 5.92 Å². The van der Waals surface area contributed by atoms with Gasteiger partial charge in [0.05, 0.1) is 18.2 Å². The minimum absolute atomic E-state index is 0.114. The van der Waals surface area contributed by atoms with E-state index in [0.29, 0.717) is 29.1 Å². The average Bonchev–Trinajstić information content (AvgIpc) is 3.19. The quantitative estimate of drug-likeness (QED) is 0.706. The number of anilines is 1. The van der Waals surface area contributed by atoms with Gasteiger partial charge in [-0.3, -0.25) is 5.10 Å². The number of ether oxygens (including phenoxy) is 1. The van der Waals surface area contributed by atoms with E-state index in [-0.39, 0.29) is 18.5 Å². The van der Waals surface area contributed by atoms with Crippen LogP contribution in [0.4, 0.5) is 19.1 Å². The number of aromatic amines is 1. The summed E-state index contributed by atoms with van der Waals surface area (Å²) in [6.45, 7) is 3.72. The van der Waals surface area contributed by atoms with Crippen LogP contribution < -0.4 is 10.1 Å². The number of nitrogens with zero attached hydrogens (tertiary/aromatic N) is 5.